The Morgan fingerprint density at radius 3 is 2.74 bits per heavy atom. The molecule has 146 valence electrons. The zero-order valence-electron chi connectivity index (χ0n) is 16.6. The minimum atomic E-state index is 0.127. The predicted molar refractivity (Wildman–Crippen MR) is 109 cm³/mol. The van der Waals surface area contributed by atoms with Crippen LogP contribution in [0.3, 0.4) is 0 Å². The van der Waals surface area contributed by atoms with E-state index in [1.165, 1.54) is 19.3 Å². The summed E-state index contributed by atoms with van der Waals surface area (Å²) in [4.78, 5) is 15.5. The van der Waals surface area contributed by atoms with Gasteiger partial charge in [0, 0.05) is 18.0 Å². The Labute approximate surface area is 161 Å². The smallest absolute Gasteiger partial charge is 0.196 e. The molecule has 1 aliphatic heterocycles. The molecule has 4 rings (SSSR count). The topological polar surface area (TPSA) is 42.7 Å². The lowest BCUT2D eigenvalue weighted by atomic mass is 9.84. The van der Waals surface area contributed by atoms with Gasteiger partial charge in [0.2, 0.25) is 0 Å². The standard InChI is InChI=1S/C23H31NO3/c1-16-14-24(2)12-6-9-21(16)27-18-10-11-22-19(13-18)23(25)20(15-26-22)17-7-4-3-5-8-17/h10-11,13,15-17,21H,3-9,12,14H2,1-2H3. The van der Waals surface area contributed by atoms with Gasteiger partial charge >= 0.3 is 0 Å². The first kappa shape index (κ1) is 18.5. The second-order valence-corrected chi connectivity index (χ2v) is 8.55. The van der Waals surface area contributed by atoms with E-state index in [0.717, 1.165) is 50.1 Å². The summed E-state index contributed by atoms with van der Waals surface area (Å²) >= 11 is 0. The van der Waals surface area contributed by atoms with E-state index in [1.54, 1.807) is 6.26 Å². The van der Waals surface area contributed by atoms with Crippen molar-refractivity contribution in [2.75, 3.05) is 20.1 Å². The molecule has 0 N–H and O–H groups in total. The van der Waals surface area contributed by atoms with Crippen LogP contribution in [0.15, 0.2) is 33.7 Å². The van der Waals surface area contributed by atoms with Gasteiger partial charge in [0.05, 0.1) is 11.6 Å². The van der Waals surface area contributed by atoms with Crippen LogP contribution >= 0.6 is 0 Å². The van der Waals surface area contributed by atoms with E-state index in [4.69, 9.17) is 9.15 Å². The third-order valence-electron chi connectivity index (χ3n) is 6.37. The van der Waals surface area contributed by atoms with Crippen molar-refractivity contribution in [3.63, 3.8) is 0 Å². The molecule has 2 heterocycles. The van der Waals surface area contributed by atoms with Gasteiger partial charge in [0.15, 0.2) is 5.43 Å². The molecule has 1 aliphatic carbocycles. The zero-order valence-corrected chi connectivity index (χ0v) is 16.6. The van der Waals surface area contributed by atoms with Crippen LogP contribution in [0.4, 0.5) is 0 Å². The molecule has 0 bridgehead atoms. The van der Waals surface area contributed by atoms with Crippen LogP contribution in [0, 0.1) is 5.92 Å². The molecule has 2 aromatic rings. The van der Waals surface area contributed by atoms with Crippen molar-refractivity contribution >= 4 is 11.0 Å². The number of benzene rings is 1. The highest BCUT2D eigenvalue weighted by molar-refractivity contribution is 5.78. The number of fused-ring (bicyclic) bond motifs is 1. The minimum absolute atomic E-state index is 0.127. The van der Waals surface area contributed by atoms with Crippen LogP contribution in [0.2, 0.25) is 0 Å². The van der Waals surface area contributed by atoms with E-state index in [1.807, 2.05) is 18.2 Å². The van der Waals surface area contributed by atoms with Gasteiger partial charge in [0.25, 0.3) is 0 Å². The van der Waals surface area contributed by atoms with Crippen LogP contribution in [-0.4, -0.2) is 31.1 Å². The first-order valence-electron chi connectivity index (χ1n) is 10.5. The second kappa shape index (κ2) is 8.05. The summed E-state index contributed by atoms with van der Waals surface area (Å²) in [7, 11) is 2.17. The van der Waals surface area contributed by atoms with Gasteiger partial charge in [-0.25, -0.2) is 0 Å². The number of hydrogen-bond donors (Lipinski definition) is 0. The van der Waals surface area contributed by atoms with Gasteiger partial charge in [-0.05, 0) is 63.4 Å². The van der Waals surface area contributed by atoms with E-state index in [-0.39, 0.29) is 11.5 Å². The summed E-state index contributed by atoms with van der Waals surface area (Å²) in [6.45, 7) is 4.42. The Hall–Kier alpha value is -1.81. The summed E-state index contributed by atoms with van der Waals surface area (Å²) in [6.07, 6.45) is 9.98. The number of hydrogen-bond acceptors (Lipinski definition) is 4. The van der Waals surface area contributed by atoms with Crippen LogP contribution in [0.5, 0.6) is 5.75 Å². The van der Waals surface area contributed by atoms with E-state index >= 15 is 0 Å². The molecule has 1 aromatic heterocycles. The van der Waals surface area contributed by atoms with Crippen molar-refractivity contribution < 1.29 is 9.15 Å². The fourth-order valence-electron chi connectivity index (χ4n) is 4.79. The van der Waals surface area contributed by atoms with Crippen molar-refractivity contribution in [2.24, 2.45) is 5.92 Å². The molecule has 2 fully saturated rings. The molecule has 2 atom stereocenters. The normalized spacial score (nSPS) is 25.4. The lowest BCUT2D eigenvalue weighted by molar-refractivity contribution is 0.131. The average molecular weight is 370 g/mol. The highest BCUT2D eigenvalue weighted by atomic mass is 16.5. The van der Waals surface area contributed by atoms with E-state index in [9.17, 15) is 4.79 Å². The quantitative estimate of drug-likeness (QED) is 0.768. The van der Waals surface area contributed by atoms with Crippen LogP contribution < -0.4 is 10.2 Å². The minimum Gasteiger partial charge on any atom is -0.490 e. The molecule has 27 heavy (non-hydrogen) atoms. The Kier molecular flexibility index (Phi) is 5.53. The Morgan fingerprint density at radius 1 is 1.11 bits per heavy atom. The van der Waals surface area contributed by atoms with Crippen LogP contribution in [0.1, 0.15) is 63.4 Å². The van der Waals surface area contributed by atoms with E-state index in [2.05, 4.69) is 18.9 Å². The van der Waals surface area contributed by atoms with Gasteiger partial charge in [-0.1, -0.05) is 26.2 Å². The maximum atomic E-state index is 13.1. The predicted octanol–water partition coefficient (Wildman–Crippen LogP) is 4.95. The Bertz CT molecular complexity index is 837. The lowest BCUT2D eigenvalue weighted by Gasteiger charge is -2.24. The summed E-state index contributed by atoms with van der Waals surface area (Å²) in [5, 5.41) is 0.661. The second-order valence-electron chi connectivity index (χ2n) is 8.55. The molecule has 1 saturated carbocycles. The van der Waals surface area contributed by atoms with Crippen molar-refractivity contribution in [2.45, 2.75) is 63.9 Å². The number of likely N-dealkylation sites (tertiary alicyclic amines) is 1. The molecule has 1 saturated heterocycles. The maximum Gasteiger partial charge on any atom is 0.196 e. The largest absolute Gasteiger partial charge is 0.490 e. The first-order chi connectivity index (χ1) is 13.1. The van der Waals surface area contributed by atoms with Crippen LogP contribution in [0.25, 0.3) is 11.0 Å². The van der Waals surface area contributed by atoms with E-state index in [0.29, 0.717) is 22.8 Å². The third kappa shape index (κ3) is 4.06. The Morgan fingerprint density at radius 2 is 1.93 bits per heavy atom. The molecule has 4 nitrogen and oxygen atoms in total. The Balaban J connectivity index is 1.61. The van der Waals surface area contributed by atoms with Gasteiger partial charge < -0.3 is 14.1 Å². The molecule has 0 radical (unpaired) electrons. The van der Waals surface area contributed by atoms with Crippen molar-refractivity contribution in [3.05, 3.63) is 40.2 Å². The van der Waals surface area contributed by atoms with Gasteiger partial charge in [-0.2, -0.15) is 0 Å². The van der Waals surface area contributed by atoms with Gasteiger partial charge in [0.1, 0.15) is 17.4 Å². The molecule has 1 aromatic carbocycles. The van der Waals surface area contributed by atoms with Crippen LogP contribution in [-0.2, 0) is 0 Å². The molecule has 4 heteroatoms. The van der Waals surface area contributed by atoms with Gasteiger partial charge in [-0.15, -0.1) is 0 Å². The monoisotopic (exact) mass is 369 g/mol. The summed E-state index contributed by atoms with van der Waals surface area (Å²) in [6, 6.07) is 5.71. The maximum absolute atomic E-state index is 13.1. The summed E-state index contributed by atoms with van der Waals surface area (Å²) in [5.41, 5.74) is 1.63. The third-order valence-corrected chi connectivity index (χ3v) is 6.37. The van der Waals surface area contributed by atoms with Gasteiger partial charge in [-0.3, -0.25) is 4.79 Å². The number of rotatable bonds is 3. The lowest BCUT2D eigenvalue weighted by Crippen LogP contribution is -2.30. The molecule has 2 unspecified atom stereocenters. The summed E-state index contributed by atoms with van der Waals surface area (Å²) in [5.74, 6) is 1.61. The van der Waals surface area contributed by atoms with Crippen molar-refractivity contribution in [3.8, 4) is 5.75 Å². The van der Waals surface area contributed by atoms with Crippen molar-refractivity contribution in [1.82, 2.24) is 4.90 Å². The molecular formula is C23H31NO3. The SMILES string of the molecule is CC1CN(C)CCCC1Oc1ccc2occ(C3CCCCC3)c(=O)c2c1. The fraction of sp³-hybridized carbons (Fsp3) is 0.609. The first-order valence-corrected chi connectivity index (χ1v) is 10.5. The average Bonchev–Trinajstić information content (AvgIpc) is 2.83. The highest BCUT2D eigenvalue weighted by Gasteiger charge is 2.24. The van der Waals surface area contributed by atoms with Crippen molar-refractivity contribution in [1.29, 1.82) is 0 Å². The zero-order chi connectivity index (χ0) is 18.8. The van der Waals surface area contributed by atoms with E-state index < -0.39 is 0 Å². The number of nitrogens with zero attached hydrogens (tertiary/aromatic N) is 1. The molecular weight excluding hydrogens is 338 g/mol. The molecule has 0 spiro atoms. The molecule has 2 aliphatic rings. The summed E-state index contributed by atoms with van der Waals surface area (Å²) < 4.78 is 12.2. The molecule has 0 amide bonds. The highest BCUT2D eigenvalue weighted by Crippen LogP contribution is 2.32. The number of ether oxygens (including phenoxy) is 1. The fourth-order valence-corrected chi connectivity index (χ4v) is 4.79.